The van der Waals surface area contributed by atoms with Gasteiger partial charge in [0.25, 0.3) is 0 Å². The number of rotatable bonds is 5. The van der Waals surface area contributed by atoms with Crippen molar-refractivity contribution in [1.29, 1.82) is 0 Å². The number of nitro groups is 1. The van der Waals surface area contributed by atoms with E-state index in [2.05, 4.69) is 5.10 Å². The lowest BCUT2D eigenvalue weighted by Crippen LogP contribution is -2.17. The van der Waals surface area contributed by atoms with Crippen LogP contribution >= 0.6 is 0 Å². The number of aromatic hydroxyl groups is 3. The lowest BCUT2D eigenvalue weighted by Gasteiger charge is -2.25. The molecule has 1 unspecified atom stereocenters. The van der Waals surface area contributed by atoms with Crippen LogP contribution < -0.4 is 0 Å². The van der Waals surface area contributed by atoms with Crippen LogP contribution in [0, 0.1) is 15.9 Å². The highest BCUT2D eigenvalue weighted by molar-refractivity contribution is 5.70. The van der Waals surface area contributed by atoms with Crippen LogP contribution in [0.15, 0.2) is 42.6 Å². The highest BCUT2D eigenvalue weighted by atomic mass is 19.1. The summed E-state index contributed by atoms with van der Waals surface area (Å²) < 4.78 is 17.9. The largest absolute Gasteiger partial charge is 0.508 e. The number of hydrogen-bond donors (Lipinski definition) is 3. The Kier molecular flexibility index (Phi) is 5.39. The highest BCUT2D eigenvalue weighted by Gasteiger charge is 2.33. The van der Waals surface area contributed by atoms with Gasteiger partial charge in [-0.15, -0.1) is 0 Å². The van der Waals surface area contributed by atoms with Gasteiger partial charge in [-0.1, -0.05) is 12.1 Å². The van der Waals surface area contributed by atoms with Crippen molar-refractivity contribution in [2.24, 2.45) is 7.05 Å². The van der Waals surface area contributed by atoms with E-state index in [-0.39, 0.29) is 34.4 Å². The molecule has 1 atom stereocenters. The summed E-state index contributed by atoms with van der Waals surface area (Å²) in [5, 5.41) is 49.9. The Morgan fingerprint density at radius 1 is 1.17 bits per heavy atom. The van der Waals surface area contributed by atoms with Crippen molar-refractivity contribution in [1.82, 2.24) is 19.6 Å². The molecule has 2 aromatic carbocycles. The molecule has 0 bridgehead atoms. The van der Waals surface area contributed by atoms with Crippen LogP contribution in [0.4, 0.5) is 10.1 Å². The molecule has 11 heteroatoms. The van der Waals surface area contributed by atoms with Crippen molar-refractivity contribution >= 4 is 5.69 Å². The molecular weight excluding hydrogens is 457 g/mol. The summed E-state index contributed by atoms with van der Waals surface area (Å²) in [5.41, 5.74) is 3.23. The Balaban J connectivity index is 1.63. The molecule has 180 valence electrons. The van der Waals surface area contributed by atoms with Gasteiger partial charge in [0.2, 0.25) is 0 Å². The summed E-state index contributed by atoms with van der Waals surface area (Å²) in [6.45, 7) is 0.328. The first-order valence-electron chi connectivity index (χ1n) is 11.0. The van der Waals surface area contributed by atoms with Crippen LogP contribution in [-0.4, -0.2) is 39.8 Å². The maximum atomic E-state index is 14.8. The number of aromatic nitrogens is 4. The van der Waals surface area contributed by atoms with Gasteiger partial charge in [-0.3, -0.25) is 19.5 Å². The summed E-state index contributed by atoms with van der Waals surface area (Å²) in [5.74, 6) is -1.83. The fourth-order valence-electron chi connectivity index (χ4n) is 4.79. The van der Waals surface area contributed by atoms with Crippen LogP contribution in [0.2, 0.25) is 0 Å². The molecule has 10 nitrogen and oxygen atoms in total. The molecule has 4 aromatic rings. The Morgan fingerprint density at radius 2 is 1.91 bits per heavy atom. The van der Waals surface area contributed by atoms with Crippen molar-refractivity contribution < 1.29 is 24.6 Å². The fourth-order valence-corrected chi connectivity index (χ4v) is 4.79. The topological polar surface area (TPSA) is 139 Å². The first-order valence-corrected chi connectivity index (χ1v) is 11.0. The van der Waals surface area contributed by atoms with Gasteiger partial charge >= 0.3 is 5.69 Å². The number of aryl methyl sites for hydroxylation is 1. The SMILES string of the molecule is Cn1ncc([N+](=O)[O-])c1-c1nn(Cc2ccc(O)cc2)c2c1CCC(c1cc(O)cc(O)c1F)C2. The second-order valence-corrected chi connectivity index (χ2v) is 8.66. The zero-order valence-corrected chi connectivity index (χ0v) is 18.7. The monoisotopic (exact) mass is 479 g/mol. The van der Waals surface area contributed by atoms with Gasteiger partial charge < -0.3 is 15.3 Å². The summed E-state index contributed by atoms with van der Waals surface area (Å²) in [7, 11) is 1.62. The van der Waals surface area contributed by atoms with E-state index in [0.29, 0.717) is 31.5 Å². The minimum absolute atomic E-state index is 0.127. The number of phenolic OH excluding ortho intramolecular Hbond substituents is 3. The van der Waals surface area contributed by atoms with Crippen molar-refractivity contribution in [3.63, 3.8) is 0 Å². The first kappa shape index (κ1) is 22.4. The third-order valence-corrected chi connectivity index (χ3v) is 6.46. The highest BCUT2D eigenvalue weighted by Crippen LogP contribution is 2.42. The van der Waals surface area contributed by atoms with Crippen LogP contribution in [0.3, 0.4) is 0 Å². The first-order chi connectivity index (χ1) is 16.7. The van der Waals surface area contributed by atoms with Gasteiger partial charge in [-0.25, -0.2) is 4.39 Å². The van der Waals surface area contributed by atoms with E-state index in [4.69, 9.17) is 5.10 Å². The number of halogens is 1. The molecule has 0 saturated heterocycles. The smallest absolute Gasteiger partial charge is 0.316 e. The van der Waals surface area contributed by atoms with Gasteiger partial charge in [-0.2, -0.15) is 10.2 Å². The normalized spacial score (nSPS) is 15.2. The molecule has 5 rings (SSSR count). The van der Waals surface area contributed by atoms with E-state index in [1.54, 1.807) is 36.0 Å². The van der Waals surface area contributed by atoms with Crippen molar-refractivity contribution in [3.8, 4) is 28.6 Å². The molecule has 1 aliphatic rings. The third-order valence-electron chi connectivity index (χ3n) is 6.46. The maximum Gasteiger partial charge on any atom is 0.316 e. The van der Waals surface area contributed by atoms with Gasteiger partial charge in [-0.05, 0) is 54.5 Å². The van der Waals surface area contributed by atoms with Crippen LogP contribution in [0.25, 0.3) is 11.4 Å². The predicted molar refractivity (Wildman–Crippen MR) is 123 cm³/mol. The second kappa shape index (κ2) is 8.42. The zero-order valence-electron chi connectivity index (χ0n) is 18.7. The van der Waals surface area contributed by atoms with Crippen LogP contribution in [0.1, 0.15) is 34.7 Å². The van der Waals surface area contributed by atoms with E-state index < -0.39 is 16.5 Å². The molecule has 0 amide bonds. The molecule has 2 aromatic heterocycles. The van der Waals surface area contributed by atoms with Gasteiger partial charge in [0.1, 0.15) is 23.4 Å². The Labute approximate surface area is 198 Å². The number of benzene rings is 2. The quantitative estimate of drug-likeness (QED) is 0.292. The number of phenols is 3. The lowest BCUT2D eigenvalue weighted by molar-refractivity contribution is -0.384. The van der Waals surface area contributed by atoms with Crippen LogP contribution in [0.5, 0.6) is 17.2 Å². The Hall–Kier alpha value is -4.41. The number of fused-ring (bicyclic) bond motifs is 1. The van der Waals surface area contributed by atoms with Gasteiger partial charge in [0, 0.05) is 24.4 Å². The van der Waals surface area contributed by atoms with Gasteiger partial charge in [0.15, 0.2) is 17.3 Å². The van der Waals surface area contributed by atoms with E-state index in [1.165, 1.54) is 16.9 Å². The molecule has 0 saturated carbocycles. The number of hydrogen-bond acceptors (Lipinski definition) is 7. The van der Waals surface area contributed by atoms with E-state index in [1.807, 2.05) is 0 Å². The predicted octanol–water partition coefficient (Wildman–Crippen LogP) is 3.77. The zero-order chi connectivity index (χ0) is 24.9. The molecule has 0 radical (unpaired) electrons. The lowest BCUT2D eigenvalue weighted by atomic mass is 9.81. The van der Waals surface area contributed by atoms with Gasteiger partial charge in [0.05, 0.1) is 11.5 Å². The molecule has 0 spiro atoms. The molecule has 3 N–H and O–H groups in total. The second-order valence-electron chi connectivity index (χ2n) is 8.66. The van der Waals surface area contributed by atoms with Crippen LogP contribution in [-0.2, 0) is 26.4 Å². The number of nitrogens with zero attached hydrogens (tertiary/aromatic N) is 5. The Morgan fingerprint density at radius 3 is 2.63 bits per heavy atom. The summed E-state index contributed by atoms with van der Waals surface area (Å²) >= 11 is 0. The van der Waals surface area contributed by atoms with Crippen molar-refractivity contribution in [3.05, 3.63) is 80.9 Å². The summed E-state index contributed by atoms with van der Waals surface area (Å²) in [6, 6.07) is 8.91. The molecule has 0 aliphatic heterocycles. The molecule has 1 aliphatic carbocycles. The van der Waals surface area contributed by atoms with E-state index in [9.17, 15) is 29.8 Å². The third kappa shape index (κ3) is 3.94. The Bertz CT molecular complexity index is 1440. The van der Waals surface area contributed by atoms with E-state index >= 15 is 0 Å². The summed E-state index contributed by atoms with van der Waals surface area (Å²) in [6.07, 6.45) is 2.50. The van der Waals surface area contributed by atoms with E-state index in [0.717, 1.165) is 22.9 Å². The average molecular weight is 479 g/mol. The minimum Gasteiger partial charge on any atom is -0.508 e. The maximum absolute atomic E-state index is 14.8. The molecular formula is C24H22FN5O5. The molecule has 0 fully saturated rings. The average Bonchev–Trinajstić information content (AvgIpc) is 3.37. The van der Waals surface area contributed by atoms with Crippen molar-refractivity contribution in [2.45, 2.75) is 31.7 Å². The fraction of sp³-hybridized carbons (Fsp3) is 0.250. The molecule has 35 heavy (non-hydrogen) atoms. The minimum atomic E-state index is -0.775. The standard InChI is InChI=1S/C24H22FN5O5/c1-28-24(20(11-26-28)30(34)35)23-17-7-4-14(18-9-16(32)10-21(33)22(18)25)8-19(17)29(27-23)12-13-2-5-15(31)6-3-13/h2-3,5-6,9-11,14,31-33H,4,7-8,12H2,1H3. The van der Waals surface area contributed by atoms with Crippen molar-refractivity contribution in [2.75, 3.05) is 0 Å². The summed E-state index contributed by atoms with van der Waals surface area (Å²) in [4.78, 5) is 11.2. The molecule has 2 heterocycles.